The number of para-hydroxylation sites is 2. The SMILES string of the molecule is O=C(Nc1ccccc1NC(=O)N1CCCC1)c1cc2c(s1)CCCCCC2. The summed E-state index contributed by atoms with van der Waals surface area (Å²) < 4.78 is 0. The van der Waals surface area contributed by atoms with Gasteiger partial charge in [0.25, 0.3) is 5.91 Å². The summed E-state index contributed by atoms with van der Waals surface area (Å²) >= 11 is 1.62. The van der Waals surface area contributed by atoms with Gasteiger partial charge in [-0.25, -0.2) is 4.79 Å². The van der Waals surface area contributed by atoms with Gasteiger partial charge in [0.1, 0.15) is 0 Å². The average molecular weight is 398 g/mol. The maximum Gasteiger partial charge on any atom is 0.321 e. The molecule has 3 amide bonds. The Morgan fingerprint density at radius 3 is 2.29 bits per heavy atom. The number of likely N-dealkylation sites (tertiary alicyclic amines) is 1. The van der Waals surface area contributed by atoms with Crippen molar-refractivity contribution in [2.24, 2.45) is 0 Å². The first kappa shape index (κ1) is 19.0. The fourth-order valence-electron chi connectivity index (χ4n) is 3.96. The van der Waals surface area contributed by atoms with E-state index in [1.807, 2.05) is 29.2 Å². The Balaban J connectivity index is 1.47. The predicted octanol–water partition coefficient (Wildman–Crippen LogP) is 5.29. The highest BCUT2D eigenvalue weighted by Crippen LogP contribution is 2.30. The molecular formula is C22H27N3O2S. The maximum atomic E-state index is 12.9. The number of hydrogen-bond donors (Lipinski definition) is 2. The van der Waals surface area contributed by atoms with E-state index >= 15 is 0 Å². The molecule has 6 heteroatoms. The molecule has 28 heavy (non-hydrogen) atoms. The molecule has 1 saturated heterocycles. The van der Waals surface area contributed by atoms with Crippen LogP contribution in [0.1, 0.15) is 58.6 Å². The summed E-state index contributed by atoms with van der Waals surface area (Å²) in [5, 5.41) is 5.95. The summed E-state index contributed by atoms with van der Waals surface area (Å²) in [4.78, 5) is 29.2. The number of urea groups is 1. The van der Waals surface area contributed by atoms with Crippen LogP contribution in [0.25, 0.3) is 0 Å². The standard InChI is InChI=1S/C22H27N3O2S/c26-21(20-15-16-9-3-1-2-4-12-19(16)28-20)23-17-10-5-6-11-18(17)24-22(27)25-13-7-8-14-25/h5-6,10-11,15H,1-4,7-9,12-14H2,(H,23,26)(H,24,27). The van der Waals surface area contributed by atoms with Gasteiger partial charge in [0.2, 0.25) is 0 Å². The zero-order chi connectivity index (χ0) is 19.3. The number of nitrogens with zero attached hydrogens (tertiary/aromatic N) is 1. The van der Waals surface area contributed by atoms with Crippen molar-refractivity contribution in [3.05, 3.63) is 45.6 Å². The normalized spacial score (nSPS) is 16.8. The van der Waals surface area contributed by atoms with Gasteiger partial charge in [-0.2, -0.15) is 0 Å². The number of hydrogen-bond acceptors (Lipinski definition) is 3. The third kappa shape index (κ3) is 4.38. The van der Waals surface area contributed by atoms with E-state index in [0.717, 1.165) is 43.6 Å². The molecule has 0 atom stereocenters. The van der Waals surface area contributed by atoms with Crippen molar-refractivity contribution in [3.63, 3.8) is 0 Å². The number of amides is 3. The molecule has 5 nitrogen and oxygen atoms in total. The van der Waals surface area contributed by atoms with E-state index in [2.05, 4.69) is 16.7 Å². The zero-order valence-corrected chi connectivity index (χ0v) is 16.9. The summed E-state index contributed by atoms with van der Waals surface area (Å²) in [5.41, 5.74) is 2.62. The molecule has 0 spiro atoms. The number of thiophene rings is 1. The fourth-order valence-corrected chi connectivity index (χ4v) is 5.10. The van der Waals surface area contributed by atoms with E-state index in [1.54, 1.807) is 11.3 Å². The number of aryl methyl sites for hydroxylation is 2. The highest BCUT2D eigenvalue weighted by atomic mass is 32.1. The average Bonchev–Trinajstić information content (AvgIpc) is 3.33. The van der Waals surface area contributed by atoms with Crippen LogP contribution in [-0.2, 0) is 12.8 Å². The van der Waals surface area contributed by atoms with Crippen LogP contribution in [0.2, 0.25) is 0 Å². The van der Waals surface area contributed by atoms with Gasteiger partial charge < -0.3 is 15.5 Å². The lowest BCUT2D eigenvalue weighted by molar-refractivity contribution is 0.103. The van der Waals surface area contributed by atoms with Crippen LogP contribution in [0.5, 0.6) is 0 Å². The van der Waals surface area contributed by atoms with Gasteiger partial charge >= 0.3 is 6.03 Å². The van der Waals surface area contributed by atoms with E-state index in [9.17, 15) is 9.59 Å². The number of benzene rings is 1. The van der Waals surface area contributed by atoms with Crippen molar-refractivity contribution in [1.29, 1.82) is 0 Å². The van der Waals surface area contributed by atoms with Crippen molar-refractivity contribution in [2.75, 3.05) is 23.7 Å². The molecule has 2 aliphatic rings. The third-order valence-corrected chi connectivity index (χ3v) is 6.77. The minimum Gasteiger partial charge on any atom is -0.325 e. The zero-order valence-electron chi connectivity index (χ0n) is 16.1. The molecule has 4 rings (SSSR count). The molecule has 0 radical (unpaired) electrons. The molecule has 1 aromatic carbocycles. The van der Waals surface area contributed by atoms with Crippen molar-refractivity contribution in [1.82, 2.24) is 4.90 Å². The molecule has 2 heterocycles. The number of rotatable bonds is 3. The van der Waals surface area contributed by atoms with Crippen LogP contribution in [0.3, 0.4) is 0 Å². The quantitative estimate of drug-likeness (QED) is 0.739. The Morgan fingerprint density at radius 2 is 1.54 bits per heavy atom. The number of carbonyl (C=O) groups excluding carboxylic acids is 2. The van der Waals surface area contributed by atoms with Crippen LogP contribution in [0.4, 0.5) is 16.2 Å². The topological polar surface area (TPSA) is 61.4 Å². The first-order valence-corrected chi connectivity index (χ1v) is 11.1. The smallest absolute Gasteiger partial charge is 0.321 e. The number of anilines is 2. The van der Waals surface area contributed by atoms with Crippen molar-refractivity contribution in [2.45, 2.75) is 51.4 Å². The maximum absolute atomic E-state index is 12.9. The van der Waals surface area contributed by atoms with Crippen LogP contribution >= 0.6 is 11.3 Å². The van der Waals surface area contributed by atoms with E-state index in [0.29, 0.717) is 11.4 Å². The van der Waals surface area contributed by atoms with Crippen molar-refractivity contribution < 1.29 is 9.59 Å². The number of fused-ring (bicyclic) bond motifs is 1. The van der Waals surface area contributed by atoms with Crippen LogP contribution in [-0.4, -0.2) is 29.9 Å². The molecule has 1 fully saturated rings. The molecule has 0 bridgehead atoms. The monoisotopic (exact) mass is 397 g/mol. The predicted molar refractivity (Wildman–Crippen MR) is 114 cm³/mol. The molecule has 148 valence electrons. The number of carbonyl (C=O) groups is 2. The lowest BCUT2D eigenvalue weighted by Gasteiger charge is -2.18. The fraction of sp³-hybridized carbons (Fsp3) is 0.455. The summed E-state index contributed by atoms with van der Waals surface area (Å²) in [7, 11) is 0. The Morgan fingerprint density at radius 1 is 0.857 bits per heavy atom. The molecule has 2 N–H and O–H groups in total. The molecule has 1 aliphatic carbocycles. The van der Waals surface area contributed by atoms with Gasteiger partial charge in [0, 0.05) is 18.0 Å². The Hall–Kier alpha value is -2.34. The Labute approximate surface area is 170 Å². The van der Waals surface area contributed by atoms with Crippen LogP contribution in [0.15, 0.2) is 30.3 Å². The largest absolute Gasteiger partial charge is 0.325 e. The van der Waals surface area contributed by atoms with E-state index in [1.165, 1.54) is 36.1 Å². The minimum absolute atomic E-state index is 0.0976. The summed E-state index contributed by atoms with van der Waals surface area (Å²) in [5.74, 6) is -0.0976. The van der Waals surface area contributed by atoms with Gasteiger partial charge in [-0.3, -0.25) is 4.79 Å². The molecule has 0 unspecified atom stereocenters. The molecular weight excluding hydrogens is 370 g/mol. The second-order valence-electron chi connectivity index (χ2n) is 7.60. The van der Waals surface area contributed by atoms with Gasteiger partial charge in [0.05, 0.1) is 16.3 Å². The minimum atomic E-state index is -0.0988. The molecule has 2 aromatic rings. The molecule has 1 aliphatic heterocycles. The lowest BCUT2D eigenvalue weighted by atomic mass is 10.00. The summed E-state index contributed by atoms with van der Waals surface area (Å²) in [6.45, 7) is 1.59. The Kier molecular flexibility index (Phi) is 5.95. The van der Waals surface area contributed by atoms with Crippen LogP contribution < -0.4 is 10.6 Å². The van der Waals surface area contributed by atoms with Crippen molar-refractivity contribution in [3.8, 4) is 0 Å². The van der Waals surface area contributed by atoms with Gasteiger partial charge in [-0.15, -0.1) is 11.3 Å². The second-order valence-corrected chi connectivity index (χ2v) is 8.73. The molecule has 1 aromatic heterocycles. The van der Waals surface area contributed by atoms with E-state index in [4.69, 9.17) is 0 Å². The van der Waals surface area contributed by atoms with Gasteiger partial charge in [0.15, 0.2) is 0 Å². The lowest BCUT2D eigenvalue weighted by Crippen LogP contribution is -2.32. The Bertz CT molecular complexity index is 830. The highest BCUT2D eigenvalue weighted by Gasteiger charge is 2.20. The summed E-state index contributed by atoms with van der Waals surface area (Å²) in [6, 6.07) is 9.37. The molecule has 0 saturated carbocycles. The first-order chi connectivity index (χ1) is 13.7. The highest BCUT2D eigenvalue weighted by molar-refractivity contribution is 7.14. The van der Waals surface area contributed by atoms with Gasteiger partial charge in [-0.1, -0.05) is 25.0 Å². The van der Waals surface area contributed by atoms with E-state index < -0.39 is 0 Å². The number of nitrogens with one attached hydrogen (secondary N) is 2. The third-order valence-electron chi connectivity index (χ3n) is 5.53. The summed E-state index contributed by atoms with van der Waals surface area (Å²) in [6.07, 6.45) is 9.22. The van der Waals surface area contributed by atoms with E-state index in [-0.39, 0.29) is 11.9 Å². The van der Waals surface area contributed by atoms with Crippen molar-refractivity contribution >= 4 is 34.6 Å². The first-order valence-electron chi connectivity index (χ1n) is 10.3. The second kappa shape index (κ2) is 8.78. The van der Waals surface area contributed by atoms with Gasteiger partial charge in [-0.05, 0) is 62.3 Å². The van der Waals surface area contributed by atoms with Crippen LogP contribution in [0, 0.1) is 0 Å².